The van der Waals surface area contributed by atoms with Gasteiger partial charge in [0.15, 0.2) is 17.2 Å². The van der Waals surface area contributed by atoms with Crippen molar-refractivity contribution < 1.29 is 14.3 Å². The van der Waals surface area contributed by atoms with Crippen molar-refractivity contribution in [1.29, 1.82) is 0 Å². The predicted molar refractivity (Wildman–Crippen MR) is 69.8 cm³/mol. The van der Waals surface area contributed by atoms with E-state index in [-0.39, 0.29) is 22.8 Å². The highest BCUT2D eigenvalue weighted by molar-refractivity contribution is 6.31. The van der Waals surface area contributed by atoms with E-state index in [0.717, 1.165) is 4.68 Å². The average molecular weight is 299 g/mol. The van der Waals surface area contributed by atoms with Gasteiger partial charge in [-0.15, -0.1) is 5.10 Å². The second-order valence-electron chi connectivity index (χ2n) is 4.45. The summed E-state index contributed by atoms with van der Waals surface area (Å²) >= 11 is 5.72. The van der Waals surface area contributed by atoms with Crippen LogP contribution in [0.25, 0.3) is 11.4 Å². The number of benzene rings is 1. The number of carbonyl (C=O) groups is 1. The molecule has 0 amide bonds. The van der Waals surface area contributed by atoms with Crippen molar-refractivity contribution >= 4 is 17.6 Å². The fraction of sp³-hybridized carbons (Fsp3) is 0.333. The van der Waals surface area contributed by atoms with Crippen LogP contribution in [0, 0.1) is 5.82 Å². The highest BCUT2D eigenvalue weighted by atomic mass is 35.5. The first-order valence-corrected chi connectivity index (χ1v) is 6.26. The fourth-order valence-electron chi connectivity index (χ4n) is 1.76. The summed E-state index contributed by atoms with van der Waals surface area (Å²) in [5.74, 6) is -1.76. The topological polar surface area (TPSA) is 80.9 Å². The van der Waals surface area contributed by atoms with Crippen molar-refractivity contribution in [1.82, 2.24) is 20.2 Å². The van der Waals surface area contributed by atoms with Gasteiger partial charge in [0.1, 0.15) is 0 Å². The molecule has 2 rings (SSSR count). The number of hydrogen-bond donors (Lipinski definition) is 1. The SMILES string of the molecule is CCC(C)(C(=O)O)n1nnnc1-c1cccc(Cl)c1F. The Kier molecular flexibility index (Phi) is 3.71. The van der Waals surface area contributed by atoms with Crippen LogP contribution in [0.3, 0.4) is 0 Å². The summed E-state index contributed by atoms with van der Waals surface area (Å²) in [5.41, 5.74) is -1.31. The second-order valence-corrected chi connectivity index (χ2v) is 4.86. The molecular weight excluding hydrogens is 287 g/mol. The van der Waals surface area contributed by atoms with Crippen LogP contribution in [0.1, 0.15) is 20.3 Å². The maximum Gasteiger partial charge on any atom is 0.331 e. The number of carboxylic acids is 1. The van der Waals surface area contributed by atoms with Crippen LogP contribution in [0.5, 0.6) is 0 Å². The maximum absolute atomic E-state index is 14.0. The Hall–Kier alpha value is -2.02. The van der Waals surface area contributed by atoms with Crippen molar-refractivity contribution in [3.63, 3.8) is 0 Å². The summed E-state index contributed by atoms with van der Waals surface area (Å²) in [6.07, 6.45) is 0.239. The van der Waals surface area contributed by atoms with Crippen LogP contribution in [0.2, 0.25) is 5.02 Å². The zero-order valence-electron chi connectivity index (χ0n) is 10.8. The zero-order valence-corrected chi connectivity index (χ0v) is 11.6. The van der Waals surface area contributed by atoms with Gasteiger partial charge in [0.05, 0.1) is 10.6 Å². The number of carboxylic acid groups (broad SMARTS) is 1. The Bertz CT molecular complexity index is 661. The first kappa shape index (κ1) is 14.4. The van der Waals surface area contributed by atoms with E-state index in [9.17, 15) is 14.3 Å². The van der Waals surface area contributed by atoms with Gasteiger partial charge in [-0.3, -0.25) is 0 Å². The number of tetrazole rings is 1. The van der Waals surface area contributed by atoms with Gasteiger partial charge in [0.25, 0.3) is 0 Å². The van der Waals surface area contributed by atoms with E-state index in [1.165, 1.54) is 19.1 Å². The van der Waals surface area contributed by atoms with Gasteiger partial charge >= 0.3 is 5.97 Å². The molecule has 0 aliphatic carbocycles. The highest BCUT2D eigenvalue weighted by Gasteiger charge is 2.37. The van der Waals surface area contributed by atoms with E-state index in [0.29, 0.717) is 0 Å². The van der Waals surface area contributed by atoms with Crippen molar-refractivity contribution in [3.8, 4) is 11.4 Å². The molecule has 0 radical (unpaired) electrons. The minimum Gasteiger partial charge on any atom is -0.479 e. The van der Waals surface area contributed by atoms with E-state index in [1.54, 1.807) is 13.0 Å². The molecule has 1 atom stereocenters. The Morgan fingerprint density at radius 3 is 2.85 bits per heavy atom. The standard InChI is InChI=1S/C12H12ClFN4O2/c1-3-12(2,11(19)20)18-10(15-16-17-18)7-5-4-6-8(13)9(7)14/h4-6H,3H2,1-2H3,(H,19,20). The van der Waals surface area contributed by atoms with E-state index in [4.69, 9.17) is 11.6 Å². The molecule has 0 saturated carbocycles. The van der Waals surface area contributed by atoms with Gasteiger partial charge in [-0.1, -0.05) is 24.6 Å². The third kappa shape index (κ3) is 2.14. The predicted octanol–water partition coefficient (Wildman–Crippen LogP) is 2.34. The molecule has 0 fully saturated rings. The number of aromatic nitrogens is 4. The Balaban J connectivity index is 2.65. The normalized spacial score (nSPS) is 14.0. The summed E-state index contributed by atoms with van der Waals surface area (Å²) in [6.45, 7) is 3.16. The van der Waals surface area contributed by atoms with E-state index in [1.807, 2.05) is 0 Å². The molecule has 6 nitrogen and oxygen atoms in total. The quantitative estimate of drug-likeness (QED) is 0.937. The molecule has 20 heavy (non-hydrogen) atoms. The summed E-state index contributed by atoms with van der Waals surface area (Å²) < 4.78 is 15.2. The lowest BCUT2D eigenvalue weighted by Gasteiger charge is -2.24. The summed E-state index contributed by atoms with van der Waals surface area (Å²) in [4.78, 5) is 11.4. The molecule has 0 bridgehead atoms. The van der Waals surface area contributed by atoms with Gasteiger partial charge in [0.2, 0.25) is 0 Å². The van der Waals surface area contributed by atoms with Crippen LogP contribution < -0.4 is 0 Å². The van der Waals surface area contributed by atoms with Gasteiger partial charge in [-0.05, 0) is 35.9 Å². The first-order chi connectivity index (χ1) is 9.41. The smallest absolute Gasteiger partial charge is 0.331 e. The molecule has 1 aromatic carbocycles. The van der Waals surface area contributed by atoms with Crippen molar-refractivity contribution in [2.75, 3.05) is 0 Å². The van der Waals surface area contributed by atoms with Gasteiger partial charge < -0.3 is 5.11 Å². The van der Waals surface area contributed by atoms with Crippen molar-refractivity contribution in [2.45, 2.75) is 25.8 Å². The Morgan fingerprint density at radius 2 is 2.25 bits per heavy atom. The van der Waals surface area contributed by atoms with Crippen LogP contribution >= 0.6 is 11.6 Å². The van der Waals surface area contributed by atoms with Gasteiger partial charge in [-0.2, -0.15) is 0 Å². The molecule has 8 heteroatoms. The summed E-state index contributed by atoms with van der Waals surface area (Å²) in [7, 11) is 0. The van der Waals surface area contributed by atoms with E-state index in [2.05, 4.69) is 15.5 Å². The number of nitrogens with zero attached hydrogens (tertiary/aromatic N) is 4. The number of halogens is 2. The molecule has 0 spiro atoms. The van der Waals surface area contributed by atoms with Crippen molar-refractivity contribution in [2.24, 2.45) is 0 Å². The van der Waals surface area contributed by atoms with Gasteiger partial charge in [-0.25, -0.2) is 13.9 Å². The lowest BCUT2D eigenvalue weighted by molar-refractivity contribution is -0.147. The lowest BCUT2D eigenvalue weighted by atomic mass is 9.99. The molecule has 0 aliphatic heterocycles. The number of rotatable bonds is 4. The maximum atomic E-state index is 14.0. The molecule has 2 aromatic rings. The third-order valence-electron chi connectivity index (χ3n) is 3.28. The molecule has 0 saturated heterocycles. The van der Waals surface area contributed by atoms with E-state index >= 15 is 0 Å². The largest absolute Gasteiger partial charge is 0.479 e. The van der Waals surface area contributed by atoms with Crippen LogP contribution in [-0.2, 0) is 10.3 Å². The Morgan fingerprint density at radius 1 is 1.55 bits per heavy atom. The highest BCUT2D eigenvalue weighted by Crippen LogP contribution is 2.30. The summed E-state index contributed by atoms with van der Waals surface area (Å²) in [5, 5.41) is 20.2. The van der Waals surface area contributed by atoms with Gasteiger partial charge in [0, 0.05) is 0 Å². The van der Waals surface area contributed by atoms with Crippen LogP contribution in [0.4, 0.5) is 4.39 Å². The molecular formula is C12H12ClFN4O2. The van der Waals surface area contributed by atoms with Crippen LogP contribution in [-0.4, -0.2) is 31.3 Å². The molecule has 0 aliphatic rings. The minimum atomic E-state index is -1.37. The minimum absolute atomic E-state index is 0.0248. The number of hydrogen-bond acceptors (Lipinski definition) is 4. The lowest BCUT2D eigenvalue weighted by Crippen LogP contribution is -2.39. The monoisotopic (exact) mass is 298 g/mol. The average Bonchev–Trinajstić information content (AvgIpc) is 2.90. The Labute approximate surface area is 119 Å². The molecule has 1 N–H and O–H groups in total. The first-order valence-electron chi connectivity index (χ1n) is 5.88. The zero-order chi connectivity index (χ0) is 14.9. The molecule has 106 valence electrons. The second kappa shape index (κ2) is 5.16. The summed E-state index contributed by atoms with van der Waals surface area (Å²) in [6, 6.07) is 4.38. The van der Waals surface area contributed by atoms with E-state index < -0.39 is 17.3 Å². The van der Waals surface area contributed by atoms with Crippen LogP contribution in [0.15, 0.2) is 18.2 Å². The molecule has 1 unspecified atom stereocenters. The molecule has 1 aromatic heterocycles. The fourth-order valence-corrected chi connectivity index (χ4v) is 1.93. The van der Waals surface area contributed by atoms with Crippen molar-refractivity contribution in [3.05, 3.63) is 29.0 Å². The third-order valence-corrected chi connectivity index (χ3v) is 3.57. The molecule has 1 heterocycles. The number of aliphatic carboxylic acids is 1.